The summed E-state index contributed by atoms with van der Waals surface area (Å²) in [4.78, 5) is 11.7. The molecular formula is C16H14N2O2. The fourth-order valence-corrected chi connectivity index (χ4v) is 2.25. The number of nitrogens with zero attached hydrogens (tertiary/aromatic N) is 2. The topological polar surface area (TPSA) is 55.1 Å². The molecule has 0 saturated heterocycles. The number of rotatable bonds is 3. The van der Waals surface area contributed by atoms with Crippen LogP contribution in [-0.4, -0.2) is 14.9 Å². The predicted molar refractivity (Wildman–Crippen MR) is 77.4 cm³/mol. The Labute approximate surface area is 115 Å². The van der Waals surface area contributed by atoms with Crippen molar-refractivity contribution in [2.75, 3.05) is 0 Å². The highest BCUT2D eigenvalue weighted by molar-refractivity contribution is 5.77. The van der Waals surface area contributed by atoms with Crippen LogP contribution in [0.3, 0.4) is 0 Å². The van der Waals surface area contributed by atoms with Crippen molar-refractivity contribution in [2.45, 2.75) is 12.6 Å². The third-order valence-corrected chi connectivity index (χ3v) is 3.29. The molecule has 0 amide bonds. The summed E-state index contributed by atoms with van der Waals surface area (Å²) >= 11 is 0. The number of para-hydroxylation sites is 1. The van der Waals surface area contributed by atoms with Gasteiger partial charge in [0.2, 0.25) is 5.43 Å². The third-order valence-electron chi connectivity index (χ3n) is 3.29. The van der Waals surface area contributed by atoms with E-state index in [1.807, 2.05) is 48.5 Å². The minimum Gasteiger partial charge on any atom is -0.386 e. The first-order valence-electron chi connectivity index (χ1n) is 6.43. The second-order valence-corrected chi connectivity index (χ2v) is 4.63. The van der Waals surface area contributed by atoms with Crippen LogP contribution in [0.1, 0.15) is 11.7 Å². The van der Waals surface area contributed by atoms with Crippen molar-refractivity contribution in [3.8, 4) is 0 Å². The highest BCUT2D eigenvalue weighted by Gasteiger charge is 2.10. The molecule has 0 bridgehead atoms. The molecule has 3 rings (SSSR count). The number of aliphatic hydroxyl groups excluding tert-OH is 1. The van der Waals surface area contributed by atoms with Crippen LogP contribution in [0, 0.1) is 0 Å². The largest absolute Gasteiger partial charge is 0.386 e. The van der Waals surface area contributed by atoms with Crippen LogP contribution >= 0.6 is 0 Å². The van der Waals surface area contributed by atoms with Crippen molar-refractivity contribution in [1.82, 2.24) is 9.78 Å². The SMILES string of the molecule is O=c1cnn(CC(O)c2ccccc2)c2ccccc12. The average molecular weight is 266 g/mol. The molecule has 1 aromatic heterocycles. The van der Waals surface area contributed by atoms with Gasteiger partial charge in [0, 0.05) is 5.39 Å². The number of benzene rings is 2. The molecule has 20 heavy (non-hydrogen) atoms. The number of aromatic nitrogens is 2. The molecule has 4 nitrogen and oxygen atoms in total. The van der Waals surface area contributed by atoms with E-state index in [2.05, 4.69) is 5.10 Å². The molecule has 0 saturated carbocycles. The molecule has 1 N–H and O–H groups in total. The molecule has 0 fully saturated rings. The van der Waals surface area contributed by atoms with Crippen molar-refractivity contribution in [3.63, 3.8) is 0 Å². The lowest BCUT2D eigenvalue weighted by molar-refractivity contribution is 0.153. The van der Waals surface area contributed by atoms with Crippen LogP contribution < -0.4 is 5.43 Å². The summed E-state index contributed by atoms with van der Waals surface area (Å²) in [7, 11) is 0. The zero-order chi connectivity index (χ0) is 13.9. The van der Waals surface area contributed by atoms with E-state index < -0.39 is 6.10 Å². The molecule has 100 valence electrons. The van der Waals surface area contributed by atoms with Gasteiger partial charge in [-0.25, -0.2) is 0 Å². The molecule has 4 heteroatoms. The average Bonchev–Trinajstić information content (AvgIpc) is 2.51. The van der Waals surface area contributed by atoms with E-state index in [1.165, 1.54) is 6.20 Å². The van der Waals surface area contributed by atoms with Gasteiger partial charge in [0.15, 0.2) is 0 Å². The second kappa shape index (κ2) is 5.27. The lowest BCUT2D eigenvalue weighted by Gasteiger charge is -2.14. The zero-order valence-electron chi connectivity index (χ0n) is 10.8. The van der Waals surface area contributed by atoms with Crippen molar-refractivity contribution in [3.05, 3.63) is 76.6 Å². The Hall–Kier alpha value is -2.46. The second-order valence-electron chi connectivity index (χ2n) is 4.63. The van der Waals surface area contributed by atoms with E-state index in [9.17, 15) is 9.90 Å². The van der Waals surface area contributed by atoms with E-state index in [-0.39, 0.29) is 5.43 Å². The van der Waals surface area contributed by atoms with E-state index >= 15 is 0 Å². The van der Waals surface area contributed by atoms with E-state index in [4.69, 9.17) is 0 Å². The summed E-state index contributed by atoms with van der Waals surface area (Å²) in [6.07, 6.45) is 0.634. The van der Waals surface area contributed by atoms with Crippen LogP contribution in [0.15, 0.2) is 65.6 Å². The van der Waals surface area contributed by atoms with Crippen LogP contribution in [0.5, 0.6) is 0 Å². The van der Waals surface area contributed by atoms with Gasteiger partial charge < -0.3 is 5.11 Å². The molecule has 1 unspecified atom stereocenters. The van der Waals surface area contributed by atoms with Gasteiger partial charge in [0.1, 0.15) is 0 Å². The van der Waals surface area contributed by atoms with Gasteiger partial charge in [-0.2, -0.15) is 5.10 Å². The van der Waals surface area contributed by atoms with Gasteiger partial charge in [0.05, 0.1) is 24.4 Å². The summed E-state index contributed by atoms with van der Waals surface area (Å²) in [5.74, 6) is 0. The standard InChI is InChI=1S/C16H14N2O2/c19-15-10-17-18(14-9-5-4-8-13(14)15)11-16(20)12-6-2-1-3-7-12/h1-10,16,20H,11H2. The normalized spacial score (nSPS) is 12.4. The molecule has 1 atom stereocenters. The minimum atomic E-state index is -0.658. The maximum Gasteiger partial charge on any atom is 0.207 e. The lowest BCUT2D eigenvalue weighted by atomic mass is 10.1. The van der Waals surface area contributed by atoms with Crippen LogP contribution in [0.2, 0.25) is 0 Å². The minimum absolute atomic E-state index is 0.106. The Morgan fingerprint density at radius 2 is 1.75 bits per heavy atom. The van der Waals surface area contributed by atoms with E-state index in [0.29, 0.717) is 11.9 Å². The first-order valence-corrected chi connectivity index (χ1v) is 6.43. The van der Waals surface area contributed by atoms with Gasteiger partial charge in [0.25, 0.3) is 0 Å². The number of hydrogen-bond acceptors (Lipinski definition) is 3. The van der Waals surface area contributed by atoms with Crippen LogP contribution in [-0.2, 0) is 6.54 Å². The molecule has 0 radical (unpaired) electrons. The van der Waals surface area contributed by atoms with E-state index in [1.54, 1.807) is 10.7 Å². The smallest absolute Gasteiger partial charge is 0.207 e. The van der Waals surface area contributed by atoms with Gasteiger partial charge >= 0.3 is 0 Å². The summed E-state index contributed by atoms with van der Waals surface area (Å²) < 4.78 is 1.66. The molecular weight excluding hydrogens is 252 g/mol. The monoisotopic (exact) mass is 266 g/mol. The Bertz CT molecular complexity index is 781. The Morgan fingerprint density at radius 1 is 1.05 bits per heavy atom. The summed E-state index contributed by atoms with van der Waals surface area (Å²) in [5.41, 5.74) is 1.46. The lowest BCUT2D eigenvalue weighted by Crippen LogP contribution is -2.16. The summed E-state index contributed by atoms with van der Waals surface area (Å²) in [5, 5.41) is 15.0. The van der Waals surface area contributed by atoms with Crippen molar-refractivity contribution < 1.29 is 5.11 Å². The van der Waals surface area contributed by atoms with Gasteiger partial charge in [-0.15, -0.1) is 0 Å². The number of fused-ring (bicyclic) bond motifs is 1. The number of hydrogen-bond donors (Lipinski definition) is 1. The van der Waals surface area contributed by atoms with Crippen molar-refractivity contribution in [1.29, 1.82) is 0 Å². The fraction of sp³-hybridized carbons (Fsp3) is 0.125. The van der Waals surface area contributed by atoms with Crippen LogP contribution in [0.4, 0.5) is 0 Å². The van der Waals surface area contributed by atoms with Gasteiger partial charge in [-0.1, -0.05) is 42.5 Å². The van der Waals surface area contributed by atoms with Crippen molar-refractivity contribution in [2.24, 2.45) is 0 Å². The molecule has 0 aliphatic rings. The molecule has 2 aromatic carbocycles. The maximum absolute atomic E-state index is 11.7. The summed E-state index contributed by atoms with van der Waals surface area (Å²) in [6, 6.07) is 16.7. The fourth-order valence-electron chi connectivity index (χ4n) is 2.25. The highest BCUT2D eigenvalue weighted by atomic mass is 16.3. The Balaban J connectivity index is 2.00. The van der Waals surface area contributed by atoms with E-state index in [0.717, 1.165) is 11.1 Å². The quantitative estimate of drug-likeness (QED) is 0.790. The Kier molecular flexibility index (Phi) is 3.31. The van der Waals surface area contributed by atoms with Gasteiger partial charge in [-0.05, 0) is 17.7 Å². The first kappa shape index (κ1) is 12.6. The van der Waals surface area contributed by atoms with Crippen molar-refractivity contribution >= 4 is 10.9 Å². The predicted octanol–water partition coefficient (Wildman–Crippen LogP) is 2.13. The number of aliphatic hydroxyl groups is 1. The molecule has 0 aliphatic carbocycles. The highest BCUT2D eigenvalue weighted by Crippen LogP contribution is 2.16. The molecule has 0 aliphatic heterocycles. The van der Waals surface area contributed by atoms with Gasteiger partial charge in [-0.3, -0.25) is 9.48 Å². The molecule has 3 aromatic rings. The first-order chi connectivity index (χ1) is 9.75. The molecule has 0 spiro atoms. The Morgan fingerprint density at radius 3 is 2.55 bits per heavy atom. The maximum atomic E-state index is 11.7. The summed E-state index contributed by atoms with van der Waals surface area (Å²) in [6.45, 7) is 0.310. The van der Waals surface area contributed by atoms with Crippen LogP contribution in [0.25, 0.3) is 10.9 Å². The zero-order valence-corrected chi connectivity index (χ0v) is 10.8. The molecule has 1 heterocycles. The third kappa shape index (κ3) is 2.33.